The number of halogens is 1. The van der Waals surface area contributed by atoms with Crippen LogP contribution in [0, 0.1) is 11.8 Å². The third-order valence-electron chi connectivity index (χ3n) is 6.55. The minimum atomic E-state index is -0.803. The van der Waals surface area contributed by atoms with Crippen LogP contribution in [0.15, 0.2) is 30.3 Å². The smallest absolute Gasteiger partial charge is 0.340 e. The maximum Gasteiger partial charge on any atom is 0.340 e. The molecule has 31 heavy (non-hydrogen) atoms. The first-order chi connectivity index (χ1) is 15.1. The van der Waals surface area contributed by atoms with Gasteiger partial charge in [0, 0.05) is 18.9 Å². The summed E-state index contributed by atoms with van der Waals surface area (Å²) in [4.78, 5) is 25.2. The van der Waals surface area contributed by atoms with Gasteiger partial charge in [0.15, 0.2) is 12.4 Å². The van der Waals surface area contributed by atoms with Crippen molar-refractivity contribution in [3.8, 4) is 0 Å². The average Bonchev–Trinajstić information content (AvgIpc) is 3.01. The molecule has 0 radical (unpaired) electrons. The van der Waals surface area contributed by atoms with E-state index in [0.717, 1.165) is 44.1 Å². The van der Waals surface area contributed by atoms with E-state index in [1.807, 2.05) is 37.3 Å². The van der Waals surface area contributed by atoms with Gasteiger partial charge in [-0.2, -0.15) is 0 Å². The van der Waals surface area contributed by atoms with Crippen molar-refractivity contribution in [3.05, 3.63) is 35.9 Å². The lowest BCUT2D eigenvalue weighted by atomic mass is 9.73. The quantitative estimate of drug-likeness (QED) is 0.385. The second kappa shape index (κ2) is 10.5. The molecule has 0 N–H and O–H groups in total. The van der Waals surface area contributed by atoms with E-state index in [1.165, 1.54) is 0 Å². The zero-order chi connectivity index (χ0) is 21.8. The van der Waals surface area contributed by atoms with Crippen molar-refractivity contribution in [2.45, 2.75) is 81.3 Å². The van der Waals surface area contributed by atoms with E-state index in [9.17, 15) is 9.59 Å². The molecule has 1 saturated heterocycles. The molecule has 1 aromatic rings. The van der Waals surface area contributed by atoms with Gasteiger partial charge in [-0.15, -0.1) is 0 Å². The number of benzene rings is 1. The van der Waals surface area contributed by atoms with Crippen LogP contribution in [0.3, 0.4) is 0 Å². The average molecular weight is 495 g/mol. The van der Waals surface area contributed by atoms with E-state index >= 15 is 0 Å². The topological polar surface area (TPSA) is 71.1 Å². The van der Waals surface area contributed by atoms with Crippen LogP contribution in [0.2, 0.25) is 0 Å². The first-order valence-corrected chi connectivity index (χ1v) is 12.3. The maximum atomic E-state index is 13.1. The molecule has 7 atom stereocenters. The maximum absolute atomic E-state index is 13.1. The van der Waals surface area contributed by atoms with Crippen molar-refractivity contribution in [2.24, 2.45) is 11.8 Å². The van der Waals surface area contributed by atoms with Gasteiger partial charge >= 0.3 is 11.9 Å². The second-order valence-electron chi connectivity index (χ2n) is 8.72. The summed E-state index contributed by atoms with van der Waals surface area (Å²) < 4.78 is 23.3. The van der Waals surface area contributed by atoms with Gasteiger partial charge in [-0.1, -0.05) is 53.2 Å². The van der Waals surface area contributed by atoms with Gasteiger partial charge < -0.3 is 18.9 Å². The summed E-state index contributed by atoms with van der Waals surface area (Å²) in [6, 6.07) is 9.45. The molecule has 0 amide bonds. The molecule has 1 aromatic carbocycles. The lowest BCUT2D eigenvalue weighted by Crippen LogP contribution is -2.44. The summed E-state index contributed by atoms with van der Waals surface area (Å²) in [6.07, 6.45) is 4.00. The molecule has 0 spiro atoms. The van der Waals surface area contributed by atoms with E-state index in [1.54, 1.807) is 0 Å². The molecular weight excluding hydrogens is 464 g/mol. The third kappa shape index (κ3) is 5.32. The molecule has 0 unspecified atom stereocenters. The van der Waals surface area contributed by atoms with Gasteiger partial charge in [-0.25, -0.2) is 4.79 Å². The normalized spacial score (nSPS) is 33.1. The number of hydrogen-bond donors (Lipinski definition) is 0. The molecule has 170 valence electrons. The SMILES string of the molecule is CCCC(=O)O[C@@H]1C[C@H]2[C@H](C[C@H]2OC(=O)[C@H](O[C@H]2CCCCO2)c2ccccc2)[C@H]1Br. The van der Waals surface area contributed by atoms with Crippen LogP contribution in [-0.2, 0) is 28.5 Å². The minimum Gasteiger partial charge on any atom is -0.461 e. The highest BCUT2D eigenvalue weighted by molar-refractivity contribution is 9.09. The highest BCUT2D eigenvalue weighted by Crippen LogP contribution is 2.52. The van der Waals surface area contributed by atoms with Crippen molar-refractivity contribution >= 4 is 27.9 Å². The number of rotatable bonds is 8. The fraction of sp³-hybridized carbons (Fsp3) is 0.667. The van der Waals surface area contributed by atoms with Crippen LogP contribution in [0.5, 0.6) is 0 Å². The monoisotopic (exact) mass is 494 g/mol. The van der Waals surface area contributed by atoms with Crippen molar-refractivity contribution in [1.82, 2.24) is 0 Å². The molecule has 4 rings (SSSR count). The van der Waals surface area contributed by atoms with Gasteiger partial charge in [-0.05, 0) is 50.0 Å². The van der Waals surface area contributed by atoms with Crippen molar-refractivity contribution in [1.29, 1.82) is 0 Å². The van der Waals surface area contributed by atoms with Crippen LogP contribution < -0.4 is 0 Å². The Morgan fingerprint density at radius 3 is 2.58 bits per heavy atom. The lowest BCUT2D eigenvalue weighted by Gasteiger charge is -2.41. The van der Waals surface area contributed by atoms with Crippen molar-refractivity contribution < 1.29 is 28.5 Å². The summed E-state index contributed by atoms with van der Waals surface area (Å²) in [5.74, 6) is 0.0308. The molecule has 2 saturated carbocycles. The van der Waals surface area contributed by atoms with Crippen LogP contribution in [0.25, 0.3) is 0 Å². The Balaban J connectivity index is 1.37. The molecule has 0 aromatic heterocycles. The Morgan fingerprint density at radius 2 is 1.87 bits per heavy atom. The molecule has 1 heterocycles. The lowest BCUT2D eigenvalue weighted by molar-refractivity contribution is -0.213. The Bertz CT molecular complexity index is 750. The highest BCUT2D eigenvalue weighted by Gasteiger charge is 2.56. The number of carbonyl (C=O) groups is 2. The first-order valence-electron chi connectivity index (χ1n) is 11.4. The van der Waals surface area contributed by atoms with Gasteiger partial charge in [0.25, 0.3) is 0 Å². The Morgan fingerprint density at radius 1 is 1.10 bits per heavy atom. The molecule has 1 aliphatic heterocycles. The standard InChI is InChI=1S/C24H31BrO6/c1-2-8-20(26)29-19-13-16-17(22(19)25)14-18(16)30-24(27)23(15-9-4-3-5-10-15)31-21-11-6-7-12-28-21/h3-5,9-10,16-19,21-23H,2,6-8,11-14H2,1H3/t16-,17-,18+,19+,21-,22+,23+/m0/s1. The van der Waals surface area contributed by atoms with E-state index in [2.05, 4.69) is 15.9 Å². The summed E-state index contributed by atoms with van der Waals surface area (Å²) in [7, 11) is 0. The van der Waals surface area contributed by atoms with Gasteiger partial charge in [-0.3, -0.25) is 4.79 Å². The molecule has 3 fully saturated rings. The van der Waals surface area contributed by atoms with E-state index in [0.29, 0.717) is 18.9 Å². The second-order valence-corrected chi connectivity index (χ2v) is 9.78. The highest BCUT2D eigenvalue weighted by atomic mass is 79.9. The van der Waals surface area contributed by atoms with Crippen LogP contribution >= 0.6 is 15.9 Å². The van der Waals surface area contributed by atoms with Gasteiger partial charge in [0.1, 0.15) is 12.2 Å². The summed E-state index contributed by atoms with van der Waals surface area (Å²) in [5, 5.41) is 0. The molecule has 0 bridgehead atoms. The zero-order valence-electron chi connectivity index (χ0n) is 17.9. The molecule has 6 nitrogen and oxygen atoms in total. The zero-order valence-corrected chi connectivity index (χ0v) is 19.5. The number of esters is 2. The molecular formula is C24H31BrO6. The van der Waals surface area contributed by atoms with E-state index < -0.39 is 6.10 Å². The summed E-state index contributed by atoms with van der Waals surface area (Å²) in [6.45, 7) is 2.61. The minimum absolute atomic E-state index is 0.116. The fourth-order valence-corrected chi connectivity index (χ4v) is 5.76. The molecule has 2 aliphatic carbocycles. The summed E-state index contributed by atoms with van der Waals surface area (Å²) in [5.41, 5.74) is 0.772. The van der Waals surface area contributed by atoms with E-state index in [-0.39, 0.29) is 41.2 Å². The number of hydrogen-bond acceptors (Lipinski definition) is 6. The van der Waals surface area contributed by atoms with Gasteiger partial charge in [0.05, 0.1) is 4.83 Å². The summed E-state index contributed by atoms with van der Waals surface area (Å²) >= 11 is 3.71. The van der Waals surface area contributed by atoms with E-state index in [4.69, 9.17) is 18.9 Å². The van der Waals surface area contributed by atoms with Crippen LogP contribution in [0.4, 0.5) is 0 Å². The van der Waals surface area contributed by atoms with Crippen LogP contribution in [0.1, 0.15) is 63.5 Å². The predicted octanol–water partition coefficient (Wildman–Crippen LogP) is 4.70. The van der Waals surface area contributed by atoms with Crippen LogP contribution in [-0.4, -0.2) is 41.9 Å². The number of fused-ring (bicyclic) bond motifs is 1. The number of carbonyl (C=O) groups excluding carboxylic acids is 2. The predicted molar refractivity (Wildman–Crippen MR) is 117 cm³/mol. The fourth-order valence-electron chi connectivity index (χ4n) is 4.82. The first kappa shape index (κ1) is 22.7. The Labute approximate surface area is 192 Å². The number of alkyl halides is 1. The molecule has 3 aliphatic rings. The van der Waals surface area contributed by atoms with Crippen molar-refractivity contribution in [3.63, 3.8) is 0 Å². The van der Waals surface area contributed by atoms with Crippen molar-refractivity contribution in [2.75, 3.05) is 6.61 Å². The molecule has 7 heteroatoms. The van der Waals surface area contributed by atoms with Gasteiger partial charge in [0.2, 0.25) is 0 Å². The number of ether oxygens (including phenoxy) is 4. The Kier molecular flexibility index (Phi) is 7.67. The largest absolute Gasteiger partial charge is 0.461 e. The third-order valence-corrected chi connectivity index (χ3v) is 7.82. The Hall–Kier alpha value is -1.44.